The summed E-state index contributed by atoms with van der Waals surface area (Å²) in [7, 11) is 0. The van der Waals surface area contributed by atoms with E-state index in [1.54, 1.807) is 6.33 Å². The van der Waals surface area contributed by atoms with Gasteiger partial charge in [-0.25, -0.2) is 9.67 Å². The Labute approximate surface area is 120 Å². The van der Waals surface area contributed by atoms with E-state index in [4.69, 9.17) is 0 Å². The van der Waals surface area contributed by atoms with Crippen LogP contribution >= 0.6 is 11.8 Å². The average Bonchev–Trinajstić information content (AvgIpc) is 3.00. The van der Waals surface area contributed by atoms with Crippen LogP contribution < -0.4 is 5.32 Å². The van der Waals surface area contributed by atoms with Gasteiger partial charge in [0.05, 0.1) is 0 Å². The van der Waals surface area contributed by atoms with Gasteiger partial charge >= 0.3 is 0 Å². The second-order valence-corrected chi connectivity index (χ2v) is 6.89. The Balaban J connectivity index is 2.01. The first kappa shape index (κ1) is 14.9. The highest BCUT2D eigenvalue weighted by atomic mass is 32.2. The van der Waals surface area contributed by atoms with Gasteiger partial charge < -0.3 is 5.32 Å². The minimum Gasteiger partial charge on any atom is -0.313 e. The van der Waals surface area contributed by atoms with Crippen molar-refractivity contribution in [2.45, 2.75) is 46.2 Å². The standard InChI is InChI=1S/C14H26N4S/c1-4-15-13(12-5-6-19-9-12)7-14-16-10-17-18(14)8-11(2)3/h10-13,15H,4-9H2,1-3H3. The maximum atomic E-state index is 4.47. The number of hydrogen-bond acceptors (Lipinski definition) is 4. The molecule has 2 heterocycles. The first-order chi connectivity index (χ1) is 9.20. The highest BCUT2D eigenvalue weighted by Gasteiger charge is 2.26. The van der Waals surface area contributed by atoms with E-state index in [9.17, 15) is 0 Å². The lowest BCUT2D eigenvalue weighted by atomic mass is 9.96. The van der Waals surface area contributed by atoms with Crippen LogP contribution in [0, 0.1) is 11.8 Å². The van der Waals surface area contributed by atoms with Crippen LogP contribution in [-0.4, -0.2) is 38.9 Å². The summed E-state index contributed by atoms with van der Waals surface area (Å²) in [6.07, 6.45) is 4.04. The molecule has 1 aliphatic heterocycles. The predicted octanol–water partition coefficient (Wildman–Crippen LogP) is 2.21. The molecule has 108 valence electrons. The van der Waals surface area contributed by atoms with E-state index in [1.807, 2.05) is 0 Å². The van der Waals surface area contributed by atoms with E-state index < -0.39 is 0 Å². The molecule has 0 aliphatic carbocycles. The van der Waals surface area contributed by atoms with Gasteiger partial charge in [0.2, 0.25) is 0 Å². The molecule has 1 fully saturated rings. The SMILES string of the molecule is CCNC(Cc1ncnn1CC(C)C)C1CCSC1. The average molecular weight is 282 g/mol. The molecule has 4 nitrogen and oxygen atoms in total. The highest BCUT2D eigenvalue weighted by Crippen LogP contribution is 2.27. The molecule has 0 radical (unpaired) electrons. The van der Waals surface area contributed by atoms with Crippen molar-refractivity contribution in [2.24, 2.45) is 11.8 Å². The zero-order valence-corrected chi connectivity index (χ0v) is 13.1. The molecule has 2 unspecified atom stereocenters. The van der Waals surface area contributed by atoms with Crippen molar-refractivity contribution in [2.75, 3.05) is 18.1 Å². The maximum Gasteiger partial charge on any atom is 0.138 e. The van der Waals surface area contributed by atoms with Crippen molar-refractivity contribution in [1.82, 2.24) is 20.1 Å². The number of aromatic nitrogens is 3. The third-order valence-electron chi connectivity index (χ3n) is 3.64. The van der Waals surface area contributed by atoms with Crippen molar-refractivity contribution in [3.8, 4) is 0 Å². The van der Waals surface area contributed by atoms with Gasteiger partial charge in [-0.15, -0.1) is 0 Å². The van der Waals surface area contributed by atoms with Gasteiger partial charge in [0.1, 0.15) is 12.2 Å². The second-order valence-electron chi connectivity index (χ2n) is 5.74. The fourth-order valence-corrected chi connectivity index (χ4v) is 4.02. The molecule has 1 saturated heterocycles. The summed E-state index contributed by atoms with van der Waals surface area (Å²) in [6, 6.07) is 0.551. The van der Waals surface area contributed by atoms with E-state index in [-0.39, 0.29) is 0 Å². The maximum absolute atomic E-state index is 4.47. The van der Waals surface area contributed by atoms with Crippen molar-refractivity contribution in [3.05, 3.63) is 12.2 Å². The molecule has 1 aliphatic rings. The molecule has 2 rings (SSSR count). The normalized spacial score (nSPS) is 21.2. The van der Waals surface area contributed by atoms with Gasteiger partial charge in [0.25, 0.3) is 0 Å². The van der Waals surface area contributed by atoms with Crippen LogP contribution in [0.25, 0.3) is 0 Å². The molecule has 0 saturated carbocycles. The molecule has 0 aromatic carbocycles. The van der Waals surface area contributed by atoms with Gasteiger partial charge in [-0.1, -0.05) is 20.8 Å². The molecule has 1 aromatic rings. The molecule has 5 heteroatoms. The third kappa shape index (κ3) is 4.21. The Hall–Kier alpha value is -0.550. The zero-order valence-electron chi connectivity index (χ0n) is 12.3. The van der Waals surface area contributed by atoms with Crippen LogP contribution in [0.15, 0.2) is 6.33 Å². The van der Waals surface area contributed by atoms with Crippen LogP contribution in [0.4, 0.5) is 0 Å². The van der Waals surface area contributed by atoms with Gasteiger partial charge in [-0.3, -0.25) is 0 Å². The van der Waals surface area contributed by atoms with E-state index in [2.05, 4.69) is 52.6 Å². The lowest BCUT2D eigenvalue weighted by Gasteiger charge is -2.23. The predicted molar refractivity (Wildman–Crippen MR) is 81.5 cm³/mol. The molecular weight excluding hydrogens is 256 g/mol. The largest absolute Gasteiger partial charge is 0.313 e. The Morgan fingerprint density at radius 2 is 2.37 bits per heavy atom. The van der Waals surface area contributed by atoms with Crippen LogP contribution in [0.2, 0.25) is 0 Å². The number of rotatable bonds is 7. The van der Waals surface area contributed by atoms with Crippen LogP contribution in [0.5, 0.6) is 0 Å². The number of likely N-dealkylation sites (N-methyl/N-ethyl adjacent to an activating group) is 1. The molecule has 19 heavy (non-hydrogen) atoms. The Bertz CT molecular complexity index is 371. The van der Waals surface area contributed by atoms with Crippen molar-refractivity contribution in [1.29, 1.82) is 0 Å². The summed E-state index contributed by atoms with van der Waals surface area (Å²) in [6.45, 7) is 8.63. The third-order valence-corrected chi connectivity index (χ3v) is 4.82. The zero-order chi connectivity index (χ0) is 13.7. The number of hydrogen-bond donors (Lipinski definition) is 1. The minimum absolute atomic E-state index is 0.551. The van der Waals surface area contributed by atoms with Crippen molar-refractivity contribution >= 4 is 11.8 Å². The fraction of sp³-hybridized carbons (Fsp3) is 0.857. The van der Waals surface area contributed by atoms with Crippen molar-refractivity contribution < 1.29 is 0 Å². The van der Waals surface area contributed by atoms with Crippen LogP contribution in [0.1, 0.15) is 33.0 Å². The lowest BCUT2D eigenvalue weighted by molar-refractivity contribution is 0.368. The van der Waals surface area contributed by atoms with E-state index >= 15 is 0 Å². The summed E-state index contributed by atoms with van der Waals surface area (Å²) in [5.41, 5.74) is 0. The highest BCUT2D eigenvalue weighted by molar-refractivity contribution is 7.99. The first-order valence-corrected chi connectivity index (χ1v) is 8.54. The summed E-state index contributed by atoms with van der Waals surface area (Å²) in [5.74, 6) is 5.13. The fourth-order valence-electron chi connectivity index (χ4n) is 2.68. The Morgan fingerprint density at radius 3 is 3.00 bits per heavy atom. The lowest BCUT2D eigenvalue weighted by Crippen LogP contribution is -2.39. The van der Waals surface area contributed by atoms with Gasteiger partial charge in [0.15, 0.2) is 0 Å². The molecule has 1 N–H and O–H groups in total. The molecule has 2 atom stereocenters. The Kier molecular flexibility index (Phi) is 5.70. The van der Waals surface area contributed by atoms with Gasteiger partial charge in [-0.05, 0) is 36.3 Å². The van der Waals surface area contributed by atoms with Crippen molar-refractivity contribution in [3.63, 3.8) is 0 Å². The second kappa shape index (κ2) is 7.29. The number of nitrogens with one attached hydrogen (secondary N) is 1. The monoisotopic (exact) mass is 282 g/mol. The molecule has 0 amide bonds. The van der Waals surface area contributed by atoms with Gasteiger partial charge in [-0.2, -0.15) is 16.9 Å². The van der Waals surface area contributed by atoms with Crippen LogP contribution in [-0.2, 0) is 13.0 Å². The Morgan fingerprint density at radius 1 is 1.53 bits per heavy atom. The molecule has 1 aromatic heterocycles. The topological polar surface area (TPSA) is 42.7 Å². The summed E-state index contributed by atoms with van der Waals surface area (Å²) < 4.78 is 2.08. The summed E-state index contributed by atoms with van der Waals surface area (Å²) in [4.78, 5) is 4.47. The van der Waals surface area contributed by atoms with Gasteiger partial charge in [0, 0.05) is 19.0 Å². The molecule has 0 bridgehead atoms. The smallest absolute Gasteiger partial charge is 0.138 e. The first-order valence-electron chi connectivity index (χ1n) is 7.38. The van der Waals surface area contributed by atoms with Crippen LogP contribution in [0.3, 0.4) is 0 Å². The van der Waals surface area contributed by atoms with E-state index in [0.29, 0.717) is 12.0 Å². The quantitative estimate of drug-likeness (QED) is 0.832. The number of nitrogens with zero attached hydrogens (tertiary/aromatic N) is 3. The number of thioether (sulfide) groups is 1. The summed E-state index contributed by atoms with van der Waals surface area (Å²) in [5, 5.41) is 8.02. The molecule has 0 spiro atoms. The van der Waals surface area contributed by atoms with E-state index in [1.165, 1.54) is 17.9 Å². The molecular formula is C14H26N4S. The summed E-state index contributed by atoms with van der Waals surface area (Å²) >= 11 is 2.08. The minimum atomic E-state index is 0.551. The van der Waals surface area contributed by atoms with E-state index in [0.717, 1.165) is 31.3 Å².